The molecule has 0 aromatic heterocycles. The lowest BCUT2D eigenvalue weighted by Crippen LogP contribution is -2.24. The van der Waals surface area contributed by atoms with Crippen LogP contribution in [0.5, 0.6) is 0 Å². The van der Waals surface area contributed by atoms with Crippen LogP contribution in [-0.2, 0) is 0 Å². The van der Waals surface area contributed by atoms with Gasteiger partial charge in [-0.2, -0.15) is 0 Å². The van der Waals surface area contributed by atoms with E-state index >= 15 is 0 Å². The van der Waals surface area contributed by atoms with Crippen molar-refractivity contribution in [2.24, 2.45) is 0 Å². The Morgan fingerprint density at radius 3 is 2.71 bits per heavy atom. The Kier molecular flexibility index (Phi) is 3.30. The Bertz CT molecular complexity index is 508. The molecule has 0 atom stereocenters. The van der Waals surface area contributed by atoms with E-state index in [1.807, 2.05) is 24.3 Å². The molecule has 2 rings (SSSR count). The number of allylic oxidation sites excluding steroid dienone is 1. The third-order valence-corrected chi connectivity index (χ3v) is 2.92. The summed E-state index contributed by atoms with van der Waals surface area (Å²) >= 11 is 0. The number of rotatable bonds is 3. The van der Waals surface area contributed by atoms with Gasteiger partial charge >= 0.3 is 0 Å². The lowest BCUT2D eigenvalue weighted by molar-refractivity contribution is 0.0849. The highest BCUT2D eigenvalue weighted by molar-refractivity contribution is 6.09. The van der Waals surface area contributed by atoms with Gasteiger partial charge in [0, 0.05) is 23.7 Å². The van der Waals surface area contributed by atoms with Crippen LogP contribution in [0.25, 0.3) is 5.70 Å². The van der Waals surface area contributed by atoms with Crippen LogP contribution in [-0.4, -0.2) is 17.4 Å². The minimum atomic E-state index is 0.0653. The van der Waals surface area contributed by atoms with Crippen molar-refractivity contribution < 1.29 is 4.79 Å². The van der Waals surface area contributed by atoms with Gasteiger partial charge in [0.2, 0.25) is 0 Å². The van der Waals surface area contributed by atoms with Gasteiger partial charge in [0.15, 0.2) is 0 Å². The van der Waals surface area contributed by atoms with Gasteiger partial charge in [-0.15, -0.1) is 6.42 Å². The monoisotopic (exact) mass is 225 g/mol. The minimum absolute atomic E-state index is 0.0653. The number of carbonyl (C=O) groups is 1. The maximum Gasteiger partial charge on any atom is 0.258 e. The standard InChI is InChI=1S/C15H15NO/c1-3-5-11-16-14(8-4-2)12-9-6-7-10-13(12)15(16)17/h2,6-10H,3,5,11H2,1H3/b14-8-. The zero-order valence-corrected chi connectivity index (χ0v) is 9.94. The summed E-state index contributed by atoms with van der Waals surface area (Å²) in [6, 6.07) is 7.61. The summed E-state index contributed by atoms with van der Waals surface area (Å²) < 4.78 is 0. The maximum absolute atomic E-state index is 12.2. The molecule has 86 valence electrons. The van der Waals surface area contributed by atoms with E-state index < -0.39 is 0 Å². The zero-order valence-electron chi connectivity index (χ0n) is 9.94. The van der Waals surface area contributed by atoms with Crippen LogP contribution in [0.15, 0.2) is 30.3 Å². The van der Waals surface area contributed by atoms with Gasteiger partial charge in [-0.1, -0.05) is 37.5 Å². The predicted molar refractivity (Wildman–Crippen MR) is 69.2 cm³/mol. The molecule has 2 heteroatoms. The summed E-state index contributed by atoms with van der Waals surface area (Å²) in [5.41, 5.74) is 2.57. The van der Waals surface area contributed by atoms with Gasteiger partial charge in [0.05, 0.1) is 5.70 Å². The molecule has 1 heterocycles. The van der Waals surface area contributed by atoms with Crippen LogP contribution in [0.3, 0.4) is 0 Å². The van der Waals surface area contributed by atoms with Crippen LogP contribution < -0.4 is 0 Å². The van der Waals surface area contributed by atoms with E-state index in [1.54, 1.807) is 11.0 Å². The highest BCUT2D eigenvalue weighted by atomic mass is 16.2. The fraction of sp³-hybridized carbons (Fsp3) is 0.267. The molecule has 0 aliphatic carbocycles. The van der Waals surface area contributed by atoms with Crippen LogP contribution in [0.4, 0.5) is 0 Å². The molecular formula is C15H15NO. The number of hydrogen-bond acceptors (Lipinski definition) is 1. The Hall–Kier alpha value is -2.01. The zero-order chi connectivity index (χ0) is 12.3. The number of unbranched alkanes of at least 4 members (excludes halogenated alkanes) is 1. The van der Waals surface area contributed by atoms with Gasteiger partial charge in [-0.3, -0.25) is 4.79 Å². The molecule has 0 spiro atoms. The molecule has 1 aliphatic heterocycles. The SMILES string of the molecule is C#C/C=C1/c2ccccc2C(=O)N1CCCC. The normalized spacial score (nSPS) is 16.1. The predicted octanol–water partition coefficient (Wildman–Crippen LogP) is 2.92. The fourth-order valence-electron chi connectivity index (χ4n) is 2.07. The topological polar surface area (TPSA) is 20.3 Å². The Labute approximate surface area is 102 Å². The minimum Gasteiger partial charge on any atom is -0.307 e. The van der Waals surface area contributed by atoms with E-state index in [0.29, 0.717) is 0 Å². The summed E-state index contributed by atoms with van der Waals surface area (Å²) in [5, 5.41) is 0. The molecule has 1 aliphatic rings. The van der Waals surface area contributed by atoms with Crippen molar-refractivity contribution in [3.8, 4) is 12.3 Å². The first-order chi connectivity index (χ1) is 8.29. The van der Waals surface area contributed by atoms with Crippen LogP contribution in [0.1, 0.15) is 35.7 Å². The Balaban J connectivity index is 2.42. The van der Waals surface area contributed by atoms with E-state index in [1.165, 1.54) is 0 Å². The van der Waals surface area contributed by atoms with Gasteiger partial charge in [0.25, 0.3) is 5.91 Å². The van der Waals surface area contributed by atoms with E-state index in [2.05, 4.69) is 12.8 Å². The van der Waals surface area contributed by atoms with E-state index in [-0.39, 0.29) is 5.91 Å². The molecule has 0 saturated heterocycles. The molecule has 1 amide bonds. The molecule has 0 N–H and O–H groups in total. The van der Waals surface area contributed by atoms with E-state index in [9.17, 15) is 4.79 Å². The van der Waals surface area contributed by atoms with E-state index in [0.717, 1.165) is 36.2 Å². The smallest absolute Gasteiger partial charge is 0.258 e. The molecule has 17 heavy (non-hydrogen) atoms. The van der Waals surface area contributed by atoms with Crippen molar-refractivity contribution in [1.82, 2.24) is 4.90 Å². The molecular weight excluding hydrogens is 210 g/mol. The average molecular weight is 225 g/mol. The van der Waals surface area contributed by atoms with Gasteiger partial charge in [-0.05, 0) is 12.5 Å². The summed E-state index contributed by atoms with van der Waals surface area (Å²) in [7, 11) is 0. The maximum atomic E-state index is 12.2. The number of nitrogens with zero attached hydrogens (tertiary/aromatic N) is 1. The third-order valence-electron chi connectivity index (χ3n) is 2.92. The van der Waals surface area contributed by atoms with Gasteiger partial charge < -0.3 is 4.90 Å². The Morgan fingerprint density at radius 1 is 1.35 bits per heavy atom. The molecule has 1 aromatic rings. The first kappa shape index (κ1) is 11.5. The molecule has 2 nitrogen and oxygen atoms in total. The lowest BCUT2D eigenvalue weighted by Gasteiger charge is -2.17. The summed E-state index contributed by atoms with van der Waals surface area (Å²) in [6.07, 6.45) is 9.06. The van der Waals surface area contributed by atoms with Crippen molar-refractivity contribution in [2.45, 2.75) is 19.8 Å². The first-order valence-electron chi connectivity index (χ1n) is 5.87. The highest BCUT2D eigenvalue weighted by Gasteiger charge is 2.30. The Morgan fingerprint density at radius 2 is 2.06 bits per heavy atom. The van der Waals surface area contributed by atoms with Crippen molar-refractivity contribution in [1.29, 1.82) is 0 Å². The molecule has 0 unspecified atom stereocenters. The van der Waals surface area contributed by atoms with Crippen molar-refractivity contribution in [3.63, 3.8) is 0 Å². The molecule has 0 saturated carbocycles. The number of terminal acetylenes is 1. The number of carbonyl (C=O) groups excluding carboxylic acids is 1. The fourth-order valence-corrected chi connectivity index (χ4v) is 2.07. The van der Waals surface area contributed by atoms with Crippen LogP contribution in [0.2, 0.25) is 0 Å². The van der Waals surface area contributed by atoms with Crippen molar-refractivity contribution >= 4 is 11.6 Å². The summed E-state index contributed by atoms with van der Waals surface area (Å²) in [4.78, 5) is 14.0. The number of amides is 1. The van der Waals surface area contributed by atoms with Crippen LogP contribution in [0, 0.1) is 12.3 Å². The lowest BCUT2D eigenvalue weighted by atomic mass is 10.1. The molecule has 0 radical (unpaired) electrons. The summed E-state index contributed by atoms with van der Waals surface area (Å²) in [6.45, 7) is 2.84. The number of benzene rings is 1. The first-order valence-corrected chi connectivity index (χ1v) is 5.87. The second kappa shape index (κ2) is 4.88. The second-order valence-electron chi connectivity index (χ2n) is 4.05. The van der Waals surface area contributed by atoms with Gasteiger partial charge in [0.1, 0.15) is 0 Å². The second-order valence-corrected chi connectivity index (χ2v) is 4.05. The number of fused-ring (bicyclic) bond motifs is 1. The van der Waals surface area contributed by atoms with E-state index in [4.69, 9.17) is 6.42 Å². The molecule has 0 bridgehead atoms. The largest absolute Gasteiger partial charge is 0.307 e. The van der Waals surface area contributed by atoms with Crippen molar-refractivity contribution in [2.75, 3.05) is 6.54 Å². The van der Waals surface area contributed by atoms with Crippen molar-refractivity contribution in [3.05, 3.63) is 41.5 Å². The molecule has 1 aromatic carbocycles. The quantitative estimate of drug-likeness (QED) is 0.724. The van der Waals surface area contributed by atoms with Crippen LogP contribution >= 0.6 is 0 Å². The highest BCUT2D eigenvalue weighted by Crippen LogP contribution is 2.32. The summed E-state index contributed by atoms with van der Waals surface area (Å²) in [5.74, 6) is 2.59. The third kappa shape index (κ3) is 1.97. The molecule has 0 fully saturated rings. The van der Waals surface area contributed by atoms with Gasteiger partial charge in [-0.25, -0.2) is 0 Å². The number of hydrogen-bond donors (Lipinski definition) is 0. The average Bonchev–Trinajstić information content (AvgIpc) is 2.62.